The van der Waals surface area contributed by atoms with Crippen LogP contribution in [-0.2, 0) is 11.3 Å². The van der Waals surface area contributed by atoms with Crippen molar-refractivity contribution >= 4 is 0 Å². The second-order valence-electron chi connectivity index (χ2n) is 4.83. The van der Waals surface area contributed by atoms with Crippen LogP contribution in [-0.4, -0.2) is 22.8 Å². The SMILES string of the molecule is NC[C@H]1CC[C@@H](c2nc(COc3ccccc3F)no2)O1. The van der Waals surface area contributed by atoms with Crippen LogP contribution in [0.1, 0.15) is 30.7 Å². The first-order valence-corrected chi connectivity index (χ1v) is 6.81. The Kier molecular flexibility index (Phi) is 4.12. The van der Waals surface area contributed by atoms with Gasteiger partial charge in [-0.2, -0.15) is 4.98 Å². The van der Waals surface area contributed by atoms with Gasteiger partial charge in [-0.1, -0.05) is 17.3 Å². The molecule has 0 aliphatic carbocycles. The second-order valence-corrected chi connectivity index (χ2v) is 4.83. The molecule has 1 fully saturated rings. The zero-order valence-electron chi connectivity index (χ0n) is 11.4. The van der Waals surface area contributed by atoms with E-state index >= 15 is 0 Å². The Morgan fingerprint density at radius 2 is 2.19 bits per heavy atom. The van der Waals surface area contributed by atoms with Crippen LogP contribution in [0.25, 0.3) is 0 Å². The van der Waals surface area contributed by atoms with Gasteiger partial charge in [-0.05, 0) is 25.0 Å². The molecule has 1 saturated heterocycles. The summed E-state index contributed by atoms with van der Waals surface area (Å²) in [5.74, 6) is 0.501. The van der Waals surface area contributed by atoms with E-state index in [9.17, 15) is 4.39 Å². The van der Waals surface area contributed by atoms with Gasteiger partial charge in [-0.3, -0.25) is 0 Å². The van der Waals surface area contributed by atoms with Crippen molar-refractivity contribution in [2.45, 2.75) is 31.7 Å². The molecule has 0 saturated carbocycles. The minimum atomic E-state index is -0.425. The van der Waals surface area contributed by atoms with E-state index in [0.29, 0.717) is 18.3 Å². The van der Waals surface area contributed by atoms with E-state index in [2.05, 4.69) is 10.1 Å². The molecule has 3 rings (SSSR count). The van der Waals surface area contributed by atoms with Gasteiger partial charge in [0.15, 0.2) is 18.2 Å². The van der Waals surface area contributed by atoms with Crippen LogP contribution in [0, 0.1) is 5.82 Å². The lowest BCUT2D eigenvalue weighted by atomic mass is 10.2. The number of rotatable bonds is 5. The molecule has 7 heteroatoms. The third kappa shape index (κ3) is 3.20. The third-order valence-corrected chi connectivity index (χ3v) is 3.32. The maximum Gasteiger partial charge on any atom is 0.255 e. The van der Waals surface area contributed by atoms with Crippen LogP contribution in [0.4, 0.5) is 4.39 Å². The lowest BCUT2D eigenvalue weighted by Gasteiger charge is -2.07. The Balaban J connectivity index is 1.60. The highest BCUT2D eigenvalue weighted by Crippen LogP contribution is 2.31. The summed E-state index contributed by atoms with van der Waals surface area (Å²) in [6.45, 7) is 0.519. The molecule has 21 heavy (non-hydrogen) atoms. The molecule has 6 nitrogen and oxygen atoms in total. The van der Waals surface area contributed by atoms with Crippen LogP contribution >= 0.6 is 0 Å². The van der Waals surface area contributed by atoms with Crippen LogP contribution in [0.5, 0.6) is 5.75 Å². The Bertz CT molecular complexity index is 605. The summed E-state index contributed by atoms with van der Waals surface area (Å²) in [6.07, 6.45) is 1.51. The summed E-state index contributed by atoms with van der Waals surface area (Å²) < 4.78 is 29.6. The molecule has 2 atom stereocenters. The molecule has 1 aromatic carbocycles. The maximum atomic E-state index is 13.4. The minimum Gasteiger partial charge on any atom is -0.482 e. The monoisotopic (exact) mass is 293 g/mol. The first-order chi connectivity index (χ1) is 10.3. The summed E-state index contributed by atoms with van der Waals surface area (Å²) in [4.78, 5) is 4.21. The zero-order valence-corrected chi connectivity index (χ0v) is 11.4. The van der Waals surface area contributed by atoms with Gasteiger partial charge in [0.1, 0.15) is 6.10 Å². The number of ether oxygens (including phenoxy) is 2. The molecule has 0 amide bonds. The number of aromatic nitrogens is 2. The van der Waals surface area contributed by atoms with Crippen molar-refractivity contribution in [3.8, 4) is 5.75 Å². The summed E-state index contributed by atoms with van der Waals surface area (Å²) in [5, 5.41) is 3.81. The minimum absolute atomic E-state index is 0.0392. The first kappa shape index (κ1) is 14.0. The lowest BCUT2D eigenvalue weighted by molar-refractivity contribution is 0.0307. The van der Waals surface area contributed by atoms with E-state index in [1.165, 1.54) is 6.07 Å². The molecule has 1 aliphatic rings. The largest absolute Gasteiger partial charge is 0.482 e. The van der Waals surface area contributed by atoms with E-state index in [1.54, 1.807) is 18.2 Å². The van der Waals surface area contributed by atoms with Crippen molar-refractivity contribution in [1.82, 2.24) is 10.1 Å². The quantitative estimate of drug-likeness (QED) is 0.907. The Morgan fingerprint density at radius 3 is 2.95 bits per heavy atom. The van der Waals surface area contributed by atoms with Gasteiger partial charge in [0.2, 0.25) is 5.82 Å². The van der Waals surface area contributed by atoms with Crippen LogP contribution in [0.2, 0.25) is 0 Å². The fraction of sp³-hybridized carbons (Fsp3) is 0.429. The molecule has 0 spiro atoms. The van der Waals surface area contributed by atoms with Gasteiger partial charge in [-0.25, -0.2) is 4.39 Å². The van der Waals surface area contributed by atoms with E-state index in [0.717, 1.165) is 12.8 Å². The third-order valence-electron chi connectivity index (χ3n) is 3.32. The Hall–Kier alpha value is -1.99. The highest BCUT2D eigenvalue weighted by molar-refractivity contribution is 5.23. The first-order valence-electron chi connectivity index (χ1n) is 6.81. The molecule has 2 aromatic rings. The zero-order chi connectivity index (χ0) is 14.7. The fourth-order valence-corrected chi connectivity index (χ4v) is 2.22. The van der Waals surface area contributed by atoms with Crippen molar-refractivity contribution in [3.05, 3.63) is 41.8 Å². The van der Waals surface area contributed by atoms with Crippen molar-refractivity contribution < 1.29 is 18.4 Å². The highest BCUT2D eigenvalue weighted by atomic mass is 19.1. The number of hydrogen-bond acceptors (Lipinski definition) is 6. The average molecular weight is 293 g/mol. The number of para-hydroxylation sites is 1. The van der Waals surface area contributed by atoms with Crippen molar-refractivity contribution in [3.63, 3.8) is 0 Å². The van der Waals surface area contributed by atoms with Gasteiger partial charge >= 0.3 is 0 Å². The lowest BCUT2D eigenvalue weighted by Crippen LogP contribution is -2.18. The van der Waals surface area contributed by atoms with Crippen molar-refractivity contribution in [1.29, 1.82) is 0 Å². The van der Waals surface area contributed by atoms with Gasteiger partial charge in [0.05, 0.1) is 6.10 Å². The molecular weight excluding hydrogens is 277 g/mol. The topological polar surface area (TPSA) is 83.4 Å². The smallest absolute Gasteiger partial charge is 0.255 e. The number of halogens is 1. The van der Waals surface area contributed by atoms with E-state index in [4.69, 9.17) is 19.7 Å². The number of nitrogens with zero attached hydrogens (tertiary/aromatic N) is 2. The van der Waals surface area contributed by atoms with Crippen LogP contribution in [0.3, 0.4) is 0 Å². The van der Waals surface area contributed by atoms with Gasteiger partial charge in [0.25, 0.3) is 5.89 Å². The molecule has 0 radical (unpaired) electrons. The summed E-state index contributed by atoms with van der Waals surface area (Å²) in [6, 6.07) is 6.16. The van der Waals surface area contributed by atoms with Crippen LogP contribution in [0.15, 0.2) is 28.8 Å². The van der Waals surface area contributed by atoms with E-state index in [-0.39, 0.29) is 24.6 Å². The normalized spacial score (nSPS) is 21.6. The number of benzene rings is 1. The molecule has 0 bridgehead atoms. The molecule has 0 unspecified atom stereocenters. The molecule has 1 aliphatic heterocycles. The Labute approximate surface area is 121 Å². The van der Waals surface area contributed by atoms with Gasteiger partial charge in [-0.15, -0.1) is 0 Å². The van der Waals surface area contributed by atoms with E-state index < -0.39 is 5.82 Å². The number of hydrogen-bond donors (Lipinski definition) is 1. The summed E-state index contributed by atoms with van der Waals surface area (Å²) in [7, 11) is 0. The Morgan fingerprint density at radius 1 is 1.33 bits per heavy atom. The van der Waals surface area contributed by atoms with E-state index in [1.807, 2.05) is 0 Å². The van der Waals surface area contributed by atoms with Crippen molar-refractivity contribution in [2.75, 3.05) is 6.54 Å². The van der Waals surface area contributed by atoms with Crippen LogP contribution < -0.4 is 10.5 Å². The van der Waals surface area contributed by atoms with Crippen molar-refractivity contribution in [2.24, 2.45) is 5.73 Å². The van der Waals surface area contributed by atoms with Gasteiger partial charge < -0.3 is 19.7 Å². The predicted molar refractivity (Wildman–Crippen MR) is 70.9 cm³/mol. The average Bonchev–Trinajstić information content (AvgIpc) is 3.15. The molecule has 1 aromatic heterocycles. The predicted octanol–water partition coefficient (Wildman–Crippen LogP) is 1.97. The second kappa shape index (κ2) is 6.19. The van der Waals surface area contributed by atoms with Gasteiger partial charge in [0, 0.05) is 6.54 Å². The molecule has 2 N–H and O–H groups in total. The standard InChI is InChI=1S/C14H16FN3O3/c15-10-3-1-2-4-11(10)19-8-13-17-14(21-18-13)12-6-5-9(7-16)20-12/h1-4,9,12H,5-8,16H2/t9-,12+/m1/s1. The fourth-order valence-electron chi connectivity index (χ4n) is 2.22. The summed E-state index contributed by atoms with van der Waals surface area (Å²) >= 11 is 0. The summed E-state index contributed by atoms with van der Waals surface area (Å²) in [5.41, 5.74) is 5.56. The maximum absolute atomic E-state index is 13.4. The molecule has 112 valence electrons. The molecular formula is C14H16FN3O3. The molecule has 2 heterocycles. The highest BCUT2D eigenvalue weighted by Gasteiger charge is 2.29. The number of nitrogens with two attached hydrogens (primary N) is 1.